The van der Waals surface area contributed by atoms with Crippen molar-refractivity contribution in [2.24, 2.45) is 0 Å². The van der Waals surface area contributed by atoms with Crippen LogP contribution in [-0.2, 0) is 12.8 Å². The summed E-state index contributed by atoms with van der Waals surface area (Å²) in [5.74, 6) is 1.62. The highest BCUT2D eigenvalue weighted by molar-refractivity contribution is 5.92. The number of ether oxygens (including phenoxy) is 1. The number of hydrogen-bond acceptors (Lipinski definition) is 4. The summed E-state index contributed by atoms with van der Waals surface area (Å²) in [6, 6.07) is 7.86. The lowest BCUT2D eigenvalue weighted by atomic mass is 10.0. The van der Waals surface area contributed by atoms with Gasteiger partial charge in [-0.3, -0.25) is 4.79 Å². The quantitative estimate of drug-likeness (QED) is 0.821. The number of hydrogen-bond donors (Lipinski definition) is 0. The average Bonchev–Trinajstić information content (AvgIpc) is 2.94. The van der Waals surface area contributed by atoms with E-state index in [-0.39, 0.29) is 11.9 Å². The molecule has 1 atom stereocenters. The number of amides is 1. The Morgan fingerprint density at radius 1 is 1.39 bits per heavy atom. The van der Waals surface area contributed by atoms with Gasteiger partial charge in [-0.1, -0.05) is 25.1 Å². The monoisotopic (exact) mass is 316 g/mol. The van der Waals surface area contributed by atoms with Gasteiger partial charge < -0.3 is 14.1 Å². The van der Waals surface area contributed by atoms with Gasteiger partial charge in [-0.15, -0.1) is 0 Å². The fourth-order valence-corrected chi connectivity index (χ4v) is 2.49. The highest BCUT2D eigenvalue weighted by atomic mass is 16.5. The Labute approximate surface area is 137 Å². The van der Waals surface area contributed by atoms with Gasteiger partial charge in [0.15, 0.2) is 5.89 Å². The van der Waals surface area contributed by atoms with E-state index in [0.717, 1.165) is 11.3 Å². The summed E-state index contributed by atoms with van der Waals surface area (Å²) >= 11 is 0. The summed E-state index contributed by atoms with van der Waals surface area (Å²) in [5.41, 5.74) is 1.72. The predicted octanol–water partition coefficient (Wildman–Crippen LogP) is 3.26. The Balaban J connectivity index is 2.13. The minimum absolute atomic E-state index is 0.00776. The van der Waals surface area contributed by atoms with Gasteiger partial charge in [-0.25, -0.2) is 4.98 Å². The van der Waals surface area contributed by atoms with Crippen LogP contribution in [0.1, 0.15) is 41.6 Å². The van der Waals surface area contributed by atoms with Crippen LogP contribution < -0.4 is 4.74 Å². The molecule has 0 radical (unpaired) electrons. The van der Waals surface area contributed by atoms with Gasteiger partial charge in [0.25, 0.3) is 5.91 Å². The molecule has 0 saturated carbocycles. The molecule has 1 aromatic heterocycles. The van der Waals surface area contributed by atoms with Gasteiger partial charge in [-0.2, -0.15) is 0 Å². The van der Waals surface area contributed by atoms with E-state index in [1.54, 1.807) is 26.0 Å². The number of oxazole rings is 1. The molecular formula is C18H24N2O3. The van der Waals surface area contributed by atoms with E-state index in [1.807, 2.05) is 38.1 Å². The van der Waals surface area contributed by atoms with Gasteiger partial charge in [-0.05, 0) is 31.9 Å². The second-order valence-corrected chi connectivity index (χ2v) is 5.66. The third kappa shape index (κ3) is 3.73. The third-order valence-electron chi connectivity index (χ3n) is 4.03. The molecule has 1 unspecified atom stereocenters. The van der Waals surface area contributed by atoms with Crippen LogP contribution >= 0.6 is 0 Å². The molecule has 0 aliphatic heterocycles. The molecule has 0 aliphatic rings. The standard InChI is InChI=1S/C18H24N2O3/c1-6-16-19-13(3)17(23-16)18(21)20(4)12(2)11-14-9-7-8-10-15(14)22-5/h7-10,12H,6,11H2,1-5H3. The number of carbonyl (C=O) groups excluding carboxylic acids is 1. The predicted molar refractivity (Wildman–Crippen MR) is 88.9 cm³/mol. The molecule has 0 N–H and O–H groups in total. The first-order chi connectivity index (χ1) is 11.0. The molecule has 1 amide bonds. The van der Waals surface area contributed by atoms with Crippen molar-refractivity contribution in [1.29, 1.82) is 0 Å². The average molecular weight is 316 g/mol. The van der Waals surface area contributed by atoms with E-state index in [2.05, 4.69) is 4.98 Å². The van der Waals surface area contributed by atoms with Crippen molar-refractivity contribution in [2.45, 2.75) is 39.7 Å². The number of rotatable bonds is 6. The molecule has 23 heavy (non-hydrogen) atoms. The second-order valence-electron chi connectivity index (χ2n) is 5.66. The number of nitrogens with zero attached hydrogens (tertiary/aromatic N) is 2. The molecule has 0 spiro atoms. The number of methoxy groups -OCH3 is 1. The Kier molecular flexibility index (Phi) is 5.42. The largest absolute Gasteiger partial charge is 0.496 e. The number of aromatic nitrogens is 1. The van der Waals surface area contributed by atoms with E-state index in [4.69, 9.17) is 9.15 Å². The first-order valence-electron chi connectivity index (χ1n) is 7.83. The highest BCUT2D eigenvalue weighted by Crippen LogP contribution is 2.21. The van der Waals surface area contributed by atoms with Crippen LogP contribution in [0.4, 0.5) is 0 Å². The van der Waals surface area contributed by atoms with Gasteiger partial charge in [0, 0.05) is 19.5 Å². The molecule has 2 aromatic rings. The van der Waals surface area contributed by atoms with Crippen LogP contribution in [0.25, 0.3) is 0 Å². The topological polar surface area (TPSA) is 55.6 Å². The van der Waals surface area contributed by atoms with Crippen molar-refractivity contribution in [1.82, 2.24) is 9.88 Å². The Hall–Kier alpha value is -2.30. The van der Waals surface area contributed by atoms with E-state index >= 15 is 0 Å². The third-order valence-corrected chi connectivity index (χ3v) is 4.03. The summed E-state index contributed by atoms with van der Waals surface area (Å²) in [6.07, 6.45) is 1.38. The smallest absolute Gasteiger partial charge is 0.291 e. The van der Waals surface area contributed by atoms with E-state index in [0.29, 0.717) is 30.2 Å². The van der Waals surface area contributed by atoms with Crippen molar-refractivity contribution >= 4 is 5.91 Å². The van der Waals surface area contributed by atoms with Gasteiger partial charge >= 0.3 is 0 Å². The maximum atomic E-state index is 12.6. The number of likely N-dealkylation sites (N-methyl/N-ethyl adjacent to an activating group) is 1. The van der Waals surface area contributed by atoms with Crippen LogP contribution in [-0.4, -0.2) is 36.0 Å². The van der Waals surface area contributed by atoms with Crippen LogP contribution in [0.2, 0.25) is 0 Å². The Morgan fingerprint density at radius 3 is 2.70 bits per heavy atom. The van der Waals surface area contributed by atoms with Crippen LogP contribution in [0.5, 0.6) is 5.75 Å². The summed E-state index contributed by atoms with van der Waals surface area (Å²) in [7, 11) is 3.44. The molecule has 0 saturated heterocycles. The van der Waals surface area contributed by atoms with Crippen molar-refractivity contribution in [3.63, 3.8) is 0 Å². The number of benzene rings is 1. The van der Waals surface area contributed by atoms with Crippen molar-refractivity contribution in [3.05, 3.63) is 47.2 Å². The zero-order chi connectivity index (χ0) is 17.0. The summed E-state index contributed by atoms with van der Waals surface area (Å²) < 4.78 is 10.9. The fourth-order valence-electron chi connectivity index (χ4n) is 2.49. The van der Waals surface area contributed by atoms with Crippen molar-refractivity contribution < 1.29 is 13.9 Å². The molecule has 1 aromatic carbocycles. The van der Waals surface area contributed by atoms with Crippen LogP contribution in [0, 0.1) is 6.92 Å². The first kappa shape index (κ1) is 17.1. The molecule has 0 fully saturated rings. The summed E-state index contributed by atoms with van der Waals surface area (Å²) in [5, 5.41) is 0. The van der Waals surface area contributed by atoms with Gasteiger partial charge in [0.05, 0.1) is 12.8 Å². The molecule has 5 nitrogen and oxygen atoms in total. The zero-order valence-corrected chi connectivity index (χ0v) is 14.4. The minimum atomic E-state index is -0.142. The van der Waals surface area contributed by atoms with Crippen LogP contribution in [0.15, 0.2) is 28.7 Å². The number of aryl methyl sites for hydroxylation is 2. The lowest BCUT2D eigenvalue weighted by Crippen LogP contribution is -2.36. The zero-order valence-electron chi connectivity index (χ0n) is 14.4. The lowest BCUT2D eigenvalue weighted by Gasteiger charge is -2.25. The SMILES string of the molecule is CCc1nc(C)c(C(=O)N(C)C(C)Cc2ccccc2OC)o1. The first-order valence-corrected chi connectivity index (χ1v) is 7.83. The molecule has 0 aliphatic carbocycles. The molecule has 1 heterocycles. The van der Waals surface area contributed by atoms with Crippen LogP contribution in [0.3, 0.4) is 0 Å². The molecule has 2 rings (SSSR count). The molecule has 5 heteroatoms. The Bertz CT molecular complexity index is 679. The normalized spacial score (nSPS) is 12.0. The molecule has 0 bridgehead atoms. The maximum absolute atomic E-state index is 12.6. The fraction of sp³-hybridized carbons (Fsp3) is 0.444. The van der Waals surface area contributed by atoms with E-state index in [1.165, 1.54) is 0 Å². The van der Waals surface area contributed by atoms with Crippen molar-refractivity contribution in [2.75, 3.05) is 14.2 Å². The second kappa shape index (κ2) is 7.31. The number of carbonyl (C=O) groups is 1. The highest BCUT2D eigenvalue weighted by Gasteiger charge is 2.24. The maximum Gasteiger partial charge on any atom is 0.291 e. The lowest BCUT2D eigenvalue weighted by molar-refractivity contribution is 0.0708. The van der Waals surface area contributed by atoms with E-state index < -0.39 is 0 Å². The number of para-hydroxylation sites is 1. The summed E-state index contributed by atoms with van der Waals surface area (Å²) in [6.45, 7) is 5.76. The summed E-state index contributed by atoms with van der Waals surface area (Å²) in [4.78, 5) is 18.6. The van der Waals surface area contributed by atoms with Crippen molar-refractivity contribution in [3.8, 4) is 5.75 Å². The molecule has 124 valence electrons. The van der Waals surface area contributed by atoms with Gasteiger partial charge in [0.1, 0.15) is 5.75 Å². The van der Waals surface area contributed by atoms with E-state index in [9.17, 15) is 4.79 Å². The van der Waals surface area contributed by atoms with Gasteiger partial charge in [0.2, 0.25) is 5.76 Å². The molecular weight excluding hydrogens is 292 g/mol. The Morgan fingerprint density at radius 2 is 2.09 bits per heavy atom. The minimum Gasteiger partial charge on any atom is -0.496 e.